The molecule has 0 amide bonds. The van der Waals surface area contributed by atoms with E-state index in [1.807, 2.05) is 30.3 Å². The summed E-state index contributed by atoms with van der Waals surface area (Å²) >= 11 is 0. The van der Waals surface area contributed by atoms with Gasteiger partial charge in [0.25, 0.3) is 11.3 Å². The Labute approximate surface area is 149 Å². The van der Waals surface area contributed by atoms with Gasteiger partial charge in [0.15, 0.2) is 5.82 Å². The summed E-state index contributed by atoms with van der Waals surface area (Å²) in [5.74, 6) is 1.42. The highest BCUT2D eigenvalue weighted by atomic mass is 16.5. The number of hydrogen-bond acceptors (Lipinski definition) is 5. The maximum atomic E-state index is 13.0. The Morgan fingerprint density at radius 3 is 2.62 bits per heavy atom. The third kappa shape index (κ3) is 2.66. The maximum Gasteiger partial charge on any atom is 0.266 e. The van der Waals surface area contributed by atoms with Crippen LogP contribution in [-0.4, -0.2) is 31.3 Å². The van der Waals surface area contributed by atoms with Crippen LogP contribution in [0.4, 0.5) is 0 Å². The lowest BCUT2D eigenvalue weighted by molar-refractivity contribution is 0.178. The van der Waals surface area contributed by atoms with Crippen molar-refractivity contribution < 1.29 is 4.74 Å². The standard InChI is InChI=1S/C19H19N5O2/c1-12(2)13-4-6-14(7-5-13)23-9-8-16-15(18(23)25)10-20-19-21-17(11-26-3)22-24(16)19/h4-10,12H,11H2,1-3H3. The second-order valence-corrected chi connectivity index (χ2v) is 6.47. The molecule has 0 atom stereocenters. The highest BCUT2D eigenvalue weighted by molar-refractivity contribution is 5.78. The van der Waals surface area contributed by atoms with Gasteiger partial charge in [-0.1, -0.05) is 26.0 Å². The van der Waals surface area contributed by atoms with Crippen molar-refractivity contribution in [2.45, 2.75) is 26.4 Å². The van der Waals surface area contributed by atoms with Crippen molar-refractivity contribution in [1.82, 2.24) is 24.1 Å². The van der Waals surface area contributed by atoms with Crippen molar-refractivity contribution in [3.8, 4) is 5.69 Å². The first-order valence-electron chi connectivity index (χ1n) is 8.44. The number of hydrogen-bond donors (Lipinski definition) is 0. The highest BCUT2D eigenvalue weighted by Gasteiger charge is 2.12. The summed E-state index contributed by atoms with van der Waals surface area (Å²) in [4.78, 5) is 21.5. The number of pyridine rings is 1. The summed E-state index contributed by atoms with van der Waals surface area (Å²) in [7, 11) is 1.58. The van der Waals surface area contributed by atoms with Gasteiger partial charge in [-0.2, -0.15) is 9.50 Å². The molecular weight excluding hydrogens is 330 g/mol. The van der Waals surface area contributed by atoms with E-state index in [4.69, 9.17) is 4.74 Å². The number of ether oxygens (including phenoxy) is 1. The molecule has 0 aliphatic heterocycles. The van der Waals surface area contributed by atoms with E-state index in [0.29, 0.717) is 35.0 Å². The molecule has 26 heavy (non-hydrogen) atoms. The predicted molar refractivity (Wildman–Crippen MR) is 98.7 cm³/mol. The third-order valence-corrected chi connectivity index (χ3v) is 4.39. The number of aromatic nitrogens is 5. The zero-order chi connectivity index (χ0) is 18.3. The topological polar surface area (TPSA) is 74.3 Å². The summed E-state index contributed by atoms with van der Waals surface area (Å²) in [5, 5.41) is 4.86. The van der Waals surface area contributed by atoms with Crippen LogP contribution in [0.3, 0.4) is 0 Å². The van der Waals surface area contributed by atoms with Crippen LogP contribution in [0.2, 0.25) is 0 Å². The van der Waals surface area contributed by atoms with Crippen LogP contribution in [0.5, 0.6) is 0 Å². The van der Waals surface area contributed by atoms with Crippen molar-refractivity contribution >= 4 is 16.7 Å². The minimum atomic E-state index is -0.141. The van der Waals surface area contributed by atoms with Gasteiger partial charge in [-0.15, -0.1) is 5.10 Å². The molecule has 132 valence electrons. The van der Waals surface area contributed by atoms with Crippen LogP contribution in [0.15, 0.2) is 47.5 Å². The normalized spacial score (nSPS) is 11.7. The molecule has 0 N–H and O–H groups in total. The molecule has 0 radical (unpaired) electrons. The van der Waals surface area contributed by atoms with E-state index in [2.05, 4.69) is 28.9 Å². The molecular formula is C19H19N5O2. The van der Waals surface area contributed by atoms with E-state index in [9.17, 15) is 4.79 Å². The molecule has 0 saturated heterocycles. The van der Waals surface area contributed by atoms with Gasteiger partial charge < -0.3 is 4.74 Å². The Morgan fingerprint density at radius 1 is 1.15 bits per heavy atom. The van der Waals surface area contributed by atoms with Gasteiger partial charge in [-0.05, 0) is 29.7 Å². The van der Waals surface area contributed by atoms with Crippen LogP contribution in [0.25, 0.3) is 22.4 Å². The number of nitrogens with zero attached hydrogens (tertiary/aromatic N) is 5. The van der Waals surface area contributed by atoms with Gasteiger partial charge in [0, 0.05) is 25.2 Å². The second-order valence-electron chi connectivity index (χ2n) is 6.47. The molecule has 0 spiro atoms. The second kappa shape index (κ2) is 6.34. The average Bonchev–Trinajstić information content (AvgIpc) is 3.05. The fourth-order valence-electron chi connectivity index (χ4n) is 2.97. The van der Waals surface area contributed by atoms with Crippen molar-refractivity contribution in [2.75, 3.05) is 7.11 Å². The summed E-state index contributed by atoms with van der Waals surface area (Å²) < 4.78 is 8.26. The zero-order valence-corrected chi connectivity index (χ0v) is 14.9. The lowest BCUT2D eigenvalue weighted by atomic mass is 10.0. The average molecular weight is 349 g/mol. The Bertz CT molecular complexity index is 1140. The fourth-order valence-corrected chi connectivity index (χ4v) is 2.97. The Kier molecular flexibility index (Phi) is 4.00. The summed E-state index contributed by atoms with van der Waals surface area (Å²) in [6.45, 7) is 4.58. The largest absolute Gasteiger partial charge is 0.377 e. The van der Waals surface area contributed by atoms with Crippen LogP contribution >= 0.6 is 0 Å². The van der Waals surface area contributed by atoms with E-state index < -0.39 is 0 Å². The smallest absolute Gasteiger partial charge is 0.266 e. The maximum absolute atomic E-state index is 13.0. The Balaban J connectivity index is 1.86. The SMILES string of the molecule is COCc1nc2ncc3c(=O)n(-c4ccc(C(C)C)cc4)ccc3n2n1. The fraction of sp³-hybridized carbons (Fsp3) is 0.263. The highest BCUT2D eigenvalue weighted by Crippen LogP contribution is 2.17. The van der Waals surface area contributed by atoms with Crippen molar-refractivity contribution in [1.29, 1.82) is 0 Å². The van der Waals surface area contributed by atoms with E-state index in [0.717, 1.165) is 5.69 Å². The molecule has 7 nitrogen and oxygen atoms in total. The molecule has 0 unspecified atom stereocenters. The first-order valence-corrected chi connectivity index (χ1v) is 8.44. The van der Waals surface area contributed by atoms with Crippen LogP contribution in [0.1, 0.15) is 31.2 Å². The van der Waals surface area contributed by atoms with Crippen LogP contribution < -0.4 is 5.56 Å². The molecule has 0 fully saturated rings. The van der Waals surface area contributed by atoms with Gasteiger partial charge in [-0.3, -0.25) is 9.36 Å². The van der Waals surface area contributed by atoms with Crippen molar-refractivity contribution in [2.24, 2.45) is 0 Å². The summed E-state index contributed by atoms with van der Waals surface area (Å²) in [6.07, 6.45) is 3.31. The van der Waals surface area contributed by atoms with Crippen molar-refractivity contribution in [3.63, 3.8) is 0 Å². The molecule has 0 saturated carbocycles. The van der Waals surface area contributed by atoms with Gasteiger partial charge in [0.05, 0.1) is 10.9 Å². The number of benzene rings is 1. The molecule has 1 aromatic carbocycles. The minimum absolute atomic E-state index is 0.141. The molecule has 3 heterocycles. The first kappa shape index (κ1) is 16.4. The Hall–Kier alpha value is -3.06. The molecule has 4 rings (SSSR count). The van der Waals surface area contributed by atoms with Crippen LogP contribution in [-0.2, 0) is 11.3 Å². The summed E-state index contributed by atoms with van der Waals surface area (Å²) in [5.41, 5.74) is 2.59. The van der Waals surface area contributed by atoms with E-state index in [1.54, 1.807) is 28.6 Å². The van der Waals surface area contributed by atoms with Gasteiger partial charge >= 0.3 is 0 Å². The molecule has 7 heteroatoms. The quantitative estimate of drug-likeness (QED) is 0.566. The third-order valence-electron chi connectivity index (χ3n) is 4.39. The molecule has 0 aliphatic carbocycles. The van der Waals surface area contributed by atoms with E-state index >= 15 is 0 Å². The minimum Gasteiger partial charge on any atom is -0.377 e. The van der Waals surface area contributed by atoms with Crippen LogP contribution in [0, 0.1) is 0 Å². The molecule has 4 aromatic rings. The van der Waals surface area contributed by atoms with Gasteiger partial charge in [0.2, 0.25) is 0 Å². The lowest BCUT2D eigenvalue weighted by Crippen LogP contribution is -2.18. The van der Waals surface area contributed by atoms with Gasteiger partial charge in [-0.25, -0.2) is 4.98 Å². The Morgan fingerprint density at radius 2 is 1.92 bits per heavy atom. The summed E-state index contributed by atoms with van der Waals surface area (Å²) in [6, 6.07) is 9.87. The van der Waals surface area contributed by atoms with E-state index in [-0.39, 0.29) is 5.56 Å². The van der Waals surface area contributed by atoms with Crippen molar-refractivity contribution in [3.05, 3.63) is 64.5 Å². The predicted octanol–water partition coefficient (Wildman–Crippen LogP) is 2.70. The molecule has 0 aliphatic rings. The molecule has 0 bridgehead atoms. The number of rotatable bonds is 4. The van der Waals surface area contributed by atoms with Gasteiger partial charge in [0.1, 0.15) is 6.61 Å². The van der Waals surface area contributed by atoms with E-state index in [1.165, 1.54) is 5.56 Å². The first-order chi connectivity index (χ1) is 12.6. The monoisotopic (exact) mass is 349 g/mol. The molecule has 3 aromatic heterocycles. The number of methoxy groups -OCH3 is 1. The zero-order valence-electron chi connectivity index (χ0n) is 14.9. The number of fused-ring (bicyclic) bond motifs is 3. The lowest BCUT2D eigenvalue weighted by Gasteiger charge is -2.10.